The maximum atomic E-state index is 3.49. The molecule has 1 aliphatic rings. The third kappa shape index (κ3) is 2.63. The van der Waals surface area contributed by atoms with Crippen molar-refractivity contribution in [3.63, 3.8) is 0 Å². The average Bonchev–Trinajstić information content (AvgIpc) is 2.54. The smallest absolute Gasteiger partial charge is 0.0792 e. The van der Waals surface area contributed by atoms with Crippen LogP contribution in [0.5, 0.6) is 0 Å². The molecular formula is C10H14ClNS. The molecule has 3 heteroatoms. The van der Waals surface area contributed by atoms with Crippen LogP contribution in [0.1, 0.15) is 17.9 Å². The number of nitrogens with one attached hydrogen (secondary N) is 1. The molecule has 0 aliphatic carbocycles. The highest BCUT2D eigenvalue weighted by Crippen LogP contribution is 2.34. The lowest BCUT2D eigenvalue weighted by molar-refractivity contribution is 0.718. The van der Waals surface area contributed by atoms with Gasteiger partial charge in [-0.1, -0.05) is 37.3 Å². The largest absolute Gasteiger partial charge is 0.301 e. The van der Waals surface area contributed by atoms with Gasteiger partial charge in [-0.2, -0.15) is 0 Å². The molecule has 13 heavy (non-hydrogen) atoms. The van der Waals surface area contributed by atoms with Gasteiger partial charge < -0.3 is 5.32 Å². The van der Waals surface area contributed by atoms with Crippen LogP contribution in [-0.2, 0) is 0 Å². The van der Waals surface area contributed by atoms with Crippen LogP contribution in [-0.4, -0.2) is 11.8 Å². The first-order valence-electron chi connectivity index (χ1n) is 4.30. The molecule has 2 unspecified atom stereocenters. The van der Waals surface area contributed by atoms with Crippen LogP contribution in [0, 0.1) is 0 Å². The van der Waals surface area contributed by atoms with Crippen LogP contribution < -0.4 is 5.32 Å². The molecule has 0 amide bonds. The molecule has 0 saturated carbocycles. The summed E-state index contributed by atoms with van der Waals surface area (Å²) in [5.74, 6) is 0. The van der Waals surface area contributed by atoms with Crippen molar-refractivity contribution in [1.82, 2.24) is 5.32 Å². The molecule has 1 fully saturated rings. The molecule has 2 rings (SSSR count). The van der Waals surface area contributed by atoms with Gasteiger partial charge in [0.1, 0.15) is 0 Å². The van der Waals surface area contributed by atoms with E-state index in [0.29, 0.717) is 5.37 Å². The molecule has 0 bridgehead atoms. The van der Waals surface area contributed by atoms with Crippen molar-refractivity contribution in [3.8, 4) is 0 Å². The van der Waals surface area contributed by atoms with Crippen LogP contribution in [0.4, 0.5) is 0 Å². The summed E-state index contributed by atoms with van der Waals surface area (Å²) in [5, 5.41) is 4.75. The van der Waals surface area contributed by atoms with Gasteiger partial charge in [0.25, 0.3) is 0 Å². The van der Waals surface area contributed by atoms with Gasteiger partial charge in [-0.05, 0) is 5.56 Å². The van der Waals surface area contributed by atoms with Crippen molar-refractivity contribution in [2.75, 3.05) is 6.54 Å². The van der Waals surface area contributed by atoms with Crippen molar-refractivity contribution < 1.29 is 0 Å². The number of thioether (sulfide) groups is 1. The Morgan fingerprint density at radius 2 is 2.00 bits per heavy atom. The topological polar surface area (TPSA) is 12.0 Å². The Bertz CT molecular complexity index is 252. The second kappa shape index (κ2) is 4.89. The van der Waals surface area contributed by atoms with Gasteiger partial charge in [0.2, 0.25) is 0 Å². The molecule has 1 saturated heterocycles. The molecule has 2 atom stereocenters. The number of hydrogen-bond acceptors (Lipinski definition) is 2. The van der Waals surface area contributed by atoms with Crippen molar-refractivity contribution in [3.05, 3.63) is 35.9 Å². The van der Waals surface area contributed by atoms with Crippen LogP contribution in [0.3, 0.4) is 0 Å². The SMILES string of the molecule is CC1CNC(c2ccccc2)S1.Cl. The Hall–Kier alpha value is -0.180. The predicted molar refractivity (Wildman–Crippen MR) is 61.5 cm³/mol. The standard InChI is InChI=1S/C10H13NS.ClH/c1-8-7-11-10(12-8)9-5-3-2-4-6-9;/h2-6,8,10-11H,7H2,1H3;1H. The molecule has 0 spiro atoms. The number of rotatable bonds is 1. The Kier molecular flexibility index (Phi) is 4.10. The monoisotopic (exact) mass is 215 g/mol. The van der Waals surface area contributed by atoms with Crippen molar-refractivity contribution in [2.24, 2.45) is 0 Å². The van der Waals surface area contributed by atoms with Gasteiger partial charge in [0, 0.05) is 11.8 Å². The highest BCUT2D eigenvalue weighted by atomic mass is 35.5. The van der Waals surface area contributed by atoms with Crippen LogP contribution >= 0.6 is 24.2 Å². The fraction of sp³-hybridized carbons (Fsp3) is 0.400. The van der Waals surface area contributed by atoms with Gasteiger partial charge in [-0.25, -0.2) is 0 Å². The highest BCUT2D eigenvalue weighted by molar-refractivity contribution is 8.00. The van der Waals surface area contributed by atoms with Crippen molar-refractivity contribution >= 4 is 24.2 Å². The van der Waals surface area contributed by atoms with E-state index in [2.05, 4.69) is 42.6 Å². The lowest BCUT2D eigenvalue weighted by atomic mass is 10.2. The van der Waals surface area contributed by atoms with E-state index in [-0.39, 0.29) is 12.4 Å². The molecule has 0 aromatic heterocycles. The first-order chi connectivity index (χ1) is 5.86. The second-order valence-corrected chi connectivity index (χ2v) is 4.69. The third-order valence-corrected chi connectivity index (χ3v) is 3.40. The minimum atomic E-state index is 0. The summed E-state index contributed by atoms with van der Waals surface area (Å²) in [5.41, 5.74) is 1.40. The van der Waals surface area contributed by atoms with Crippen LogP contribution in [0.25, 0.3) is 0 Å². The van der Waals surface area contributed by atoms with E-state index in [4.69, 9.17) is 0 Å². The normalized spacial score (nSPS) is 26.8. The fourth-order valence-electron chi connectivity index (χ4n) is 1.43. The molecule has 1 aromatic carbocycles. The first-order valence-corrected chi connectivity index (χ1v) is 5.24. The molecule has 1 heterocycles. The minimum absolute atomic E-state index is 0. The third-order valence-electron chi connectivity index (χ3n) is 2.06. The zero-order valence-electron chi connectivity index (χ0n) is 7.57. The molecule has 1 nitrogen and oxygen atoms in total. The van der Waals surface area contributed by atoms with Crippen molar-refractivity contribution in [2.45, 2.75) is 17.5 Å². The van der Waals surface area contributed by atoms with Gasteiger partial charge in [0.05, 0.1) is 5.37 Å². The minimum Gasteiger partial charge on any atom is -0.301 e. The number of hydrogen-bond donors (Lipinski definition) is 1. The van der Waals surface area contributed by atoms with Gasteiger partial charge in [0.15, 0.2) is 0 Å². The summed E-state index contributed by atoms with van der Waals surface area (Å²) in [6.45, 7) is 3.39. The Morgan fingerprint density at radius 3 is 2.54 bits per heavy atom. The lowest BCUT2D eigenvalue weighted by Crippen LogP contribution is -2.13. The molecule has 72 valence electrons. The zero-order chi connectivity index (χ0) is 8.39. The number of halogens is 1. The van der Waals surface area contributed by atoms with E-state index >= 15 is 0 Å². The average molecular weight is 216 g/mol. The Morgan fingerprint density at radius 1 is 1.31 bits per heavy atom. The molecule has 1 N–H and O–H groups in total. The Labute approximate surface area is 89.7 Å². The van der Waals surface area contributed by atoms with E-state index in [9.17, 15) is 0 Å². The quantitative estimate of drug-likeness (QED) is 0.774. The van der Waals surface area contributed by atoms with Gasteiger partial charge in [-0.3, -0.25) is 0 Å². The van der Waals surface area contributed by atoms with E-state index in [1.54, 1.807) is 0 Å². The van der Waals surface area contributed by atoms with E-state index in [1.807, 2.05) is 11.8 Å². The van der Waals surface area contributed by atoms with Crippen molar-refractivity contribution in [1.29, 1.82) is 0 Å². The highest BCUT2D eigenvalue weighted by Gasteiger charge is 2.21. The summed E-state index contributed by atoms with van der Waals surface area (Å²) < 4.78 is 0. The predicted octanol–water partition coefficient (Wildman–Crippen LogP) is 2.83. The van der Waals surface area contributed by atoms with Gasteiger partial charge in [-0.15, -0.1) is 24.2 Å². The molecular weight excluding hydrogens is 202 g/mol. The van der Waals surface area contributed by atoms with E-state index < -0.39 is 0 Å². The zero-order valence-corrected chi connectivity index (χ0v) is 9.20. The van der Waals surface area contributed by atoms with E-state index in [1.165, 1.54) is 5.56 Å². The fourth-order valence-corrected chi connectivity index (χ4v) is 2.59. The maximum absolute atomic E-state index is 3.49. The van der Waals surface area contributed by atoms with Gasteiger partial charge >= 0.3 is 0 Å². The van der Waals surface area contributed by atoms with Crippen LogP contribution in [0.15, 0.2) is 30.3 Å². The summed E-state index contributed by atoms with van der Waals surface area (Å²) in [6.07, 6.45) is 0. The van der Waals surface area contributed by atoms with E-state index in [0.717, 1.165) is 11.8 Å². The van der Waals surface area contributed by atoms with Crippen LogP contribution in [0.2, 0.25) is 0 Å². The Balaban J connectivity index is 0.000000845. The molecule has 0 radical (unpaired) electrons. The molecule has 1 aromatic rings. The molecule has 1 aliphatic heterocycles. The number of benzene rings is 1. The summed E-state index contributed by atoms with van der Waals surface area (Å²) in [6, 6.07) is 10.6. The maximum Gasteiger partial charge on any atom is 0.0792 e. The summed E-state index contributed by atoms with van der Waals surface area (Å²) >= 11 is 2.01. The summed E-state index contributed by atoms with van der Waals surface area (Å²) in [7, 11) is 0. The first kappa shape index (κ1) is 10.9. The second-order valence-electron chi connectivity index (χ2n) is 3.15. The summed E-state index contributed by atoms with van der Waals surface area (Å²) in [4.78, 5) is 0. The lowest BCUT2D eigenvalue weighted by Gasteiger charge is -2.08.